The highest BCUT2D eigenvalue weighted by atomic mass is 16.1. The van der Waals surface area contributed by atoms with Gasteiger partial charge in [0.1, 0.15) is 0 Å². The van der Waals surface area contributed by atoms with E-state index in [9.17, 15) is 4.79 Å². The molecule has 2 N–H and O–H groups in total. The lowest BCUT2D eigenvalue weighted by molar-refractivity contribution is -0.122. The Bertz CT molecular complexity index is 303. The van der Waals surface area contributed by atoms with Crippen LogP contribution in [0.15, 0.2) is 0 Å². The first-order chi connectivity index (χ1) is 10.8. The van der Waals surface area contributed by atoms with Gasteiger partial charge in [0, 0.05) is 5.92 Å². The van der Waals surface area contributed by atoms with E-state index in [1.54, 1.807) is 0 Å². The summed E-state index contributed by atoms with van der Waals surface area (Å²) in [5, 5.41) is 0. The summed E-state index contributed by atoms with van der Waals surface area (Å²) < 4.78 is 0. The minimum atomic E-state index is -0.0477. The van der Waals surface area contributed by atoms with Gasteiger partial charge in [0.25, 0.3) is 0 Å². The highest BCUT2D eigenvalue weighted by Crippen LogP contribution is 2.31. The van der Waals surface area contributed by atoms with Crippen molar-refractivity contribution in [1.29, 1.82) is 0 Å². The summed E-state index contributed by atoms with van der Waals surface area (Å²) in [5.41, 5.74) is 5.64. The third-order valence-corrected chi connectivity index (χ3v) is 6.19. The molecule has 128 valence electrons. The van der Waals surface area contributed by atoms with Gasteiger partial charge in [-0.25, -0.2) is 0 Å². The van der Waals surface area contributed by atoms with Crippen LogP contribution in [0.5, 0.6) is 0 Å². The molecular formula is C20H37NO. The predicted octanol–water partition coefficient (Wildman–Crippen LogP) is 5.59. The number of hydrogen-bond donors (Lipinski definition) is 1. The quantitative estimate of drug-likeness (QED) is 0.554. The van der Waals surface area contributed by atoms with Crippen molar-refractivity contribution < 1.29 is 4.79 Å². The van der Waals surface area contributed by atoms with Gasteiger partial charge in [-0.1, -0.05) is 83.5 Å². The van der Waals surface area contributed by atoms with E-state index < -0.39 is 0 Å². The van der Waals surface area contributed by atoms with E-state index in [0.29, 0.717) is 0 Å². The largest absolute Gasteiger partial charge is 0.369 e. The second-order valence-electron chi connectivity index (χ2n) is 7.97. The van der Waals surface area contributed by atoms with Crippen LogP contribution in [0.4, 0.5) is 0 Å². The summed E-state index contributed by atoms with van der Waals surface area (Å²) in [6, 6.07) is 0. The van der Waals surface area contributed by atoms with Crippen LogP contribution in [0.1, 0.15) is 103 Å². The minimum absolute atomic E-state index is 0.0477. The van der Waals surface area contributed by atoms with Crippen molar-refractivity contribution in [1.82, 2.24) is 0 Å². The maximum atomic E-state index is 11.7. The number of carbonyl (C=O) groups is 1. The molecule has 2 aliphatic rings. The number of carbonyl (C=O) groups excluding carboxylic acids is 1. The average Bonchev–Trinajstić information content (AvgIpc) is 2.55. The van der Waals surface area contributed by atoms with Crippen LogP contribution in [0.2, 0.25) is 0 Å². The molecule has 2 heteroatoms. The SMILES string of the molecule is NC(=O)C(CCCCC1CCCCC1)CCC1CCCCC1. The Morgan fingerprint density at radius 2 is 1.32 bits per heavy atom. The summed E-state index contributed by atoms with van der Waals surface area (Å²) in [4.78, 5) is 11.7. The first kappa shape index (κ1) is 17.8. The van der Waals surface area contributed by atoms with E-state index >= 15 is 0 Å². The van der Waals surface area contributed by atoms with Gasteiger partial charge in [0.05, 0.1) is 0 Å². The summed E-state index contributed by atoms with van der Waals surface area (Å²) in [6.07, 6.45) is 21.4. The van der Waals surface area contributed by atoms with E-state index in [2.05, 4.69) is 0 Å². The Hall–Kier alpha value is -0.530. The zero-order valence-electron chi connectivity index (χ0n) is 14.5. The highest BCUT2D eigenvalue weighted by Gasteiger charge is 2.20. The molecule has 2 aliphatic carbocycles. The second kappa shape index (κ2) is 10.3. The Morgan fingerprint density at radius 1 is 0.773 bits per heavy atom. The molecule has 0 bridgehead atoms. The lowest BCUT2D eigenvalue weighted by Crippen LogP contribution is -2.24. The molecule has 1 amide bonds. The number of amides is 1. The average molecular weight is 308 g/mol. The van der Waals surface area contributed by atoms with Crippen molar-refractivity contribution >= 4 is 5.91 Å². The number of hydrogen-bond acceptors (Lipinski definition) is 1. The zero-order valence-corrected chi connectivity index (χ0v) is 14.5. The second-order valence-corrected chi connectivity index (χ2v) is 7.97. The number of unbranched alkanes of at least 4 members (excludes halogenated alkanes) is 1. The fourth-order valence-electron chi connectivity index (χ4n) is 4.64. The molecule has 2 rings (SSSR count). The third kappa shape index (κ3) is 6.71. The molecule has 22 heavy (non-hydrogen) atoms. The van der Waals surface area contributed by atoms with Crippen molar-refractivity contribution in [3.63, 3.8) is 0 Å². The van der Waals surface area contributed by atoms with Gasteiger partial charge >= 0.3 is 0 Å². The number of primary amides is 1. The van der Waals surface area contributed by atoms with Gasteiger partial charge in [-0.15, -0.1) is 0 Å². The molecule has 1 atom stereocenters. The lowest BCUT2D eigenvalue weighted by Gasteiger charge is -2.24. The summed E-state index contributed by atoms with van der Waals surface area (Å²) in [6.45, 7) is 0. The van der Waals surface area contributed by atoms with Crippen molar-refractivity contribution in [3.8, 4) is 0 Å². The fraction of sp³-hybridized carbons (Fsp3) is 0.950. The van der Waals surface area contributed by atoms with Crippen molar-refractivity contribution in [2.45, 2.75) is 103 Å². The summed E-state index contributed by atoms with van der Waals surface area (Å²) in [7, 11) is 0. The first-order valence-corrected chi connectivity index (χ1v) is 10.0. The van der Waals surface area contributed by atoms with Crippen LogP contribution in [0, 0.1) is 17.8 Å². The molecule has 0 radical (unpaired) electrons. The fourth-order valence-corrected chi connectivity index (χ4v) is 4.64. The predicted molar refractivity (Wildman–Crippen MR) is 93.5 cm³/mol. The van der Waals surface area contributed by atoms with Crippen molar-refractivity contribution in [2.75, 3.05) is 0 Å². The van der Waals surface area contributed by atoms with Crippen LogP contribution < -0.4 is 5.73 Å². The van der Waals surface area contributed by atoms with Crippen molar-refractivity contribution in [2.24, 2.45) is 23.5 Å². The molecule has 0 aromatic carbocycles. The van der Waals surface area contributed by atoms with Gasteiger partial charge in [0.15, 0.2) is 0 Å². The van der Waals surface area contributed by atoms with E-state index in [-0.39, 0.29) is 11.8 Å². The Balaban J connectivity index is 1.57. The zero-order chi connectivity index (χ0) is 15.6. The minimum Gasteiger partial charge on any atom is -0.369 e. The normalized spacial score (nSPS) is 22.5. The molecule has 0 aromatic rings. The van der Waals surface area contributed by atoms with E-state index in [1.165, 1.54) is 89.9 Å². The molecular weight excluding hydrogens is 270 g/mol. The standard InChI is InChI=1S/C20H37NO/c21-20(22)19(16-15-18-11-5-2-6-12-18)14-8-7-13-17-9-3-1-4-10-17/h17-19H,1-16H2,(H2,21,22). The molecule has 0 aliphatic heterocycles. The molecule has 2 fully saturated rings. The first-order valence-electron chi connectivity index (χ1n) is 10.0. The molecule has 2 nitrogen and oxygen atoms in total. The van der Waals surface area contributed by atoms with Crippen LogP contribution >= 0.6 is 0 Å². The number of nitrogens with two attached hydrogens (primary N) is 1. The van der Waals surface area contributed by atoms with Gasteiger partial charge in [-0.05, 0) is 31.1 Å². The Morgan fingerprint density at radius 3 is 1.86 bits per heavy atom. The van der Waals surface area contributed by atoms with Crippen LogP contribution in [-0.4, -0.2) is 5.91 Å². The highest BCUT2D eigenvalue weighted by molar-refractivity contribution is 5.76. The van der Waals surface area contributed by atoms with Gasteiger partial charge in [-0.2, -0.15) is 0 Å². The maximum absolute atomic E-state index is 11.7. The molecule has 0 spiro atoms. The van der Waals surface area contributed by atoms with Crippen molar-refractivity contribution in [3.05, 3.63) is 0 Å². The monoisotopic (exact) mass is 307 g/mol. The van der Waals surface area contributed by atoms with Gasteiger partial charge in [-0.3, -0.25) is 4.79 Å². The molecule has 1 unspecified atom stereocenters. The van der Waals surface area contributed by atoms with Crippen LogP contribution in [0.25, 0.3) is 0 Å². The Kier molecular flexibility index (Phi) is 8.33. The lowest BCUT2D eigenvalue weighted by atomic mass is 9.82. The van der Waals surface area contributed by atoms with Crippen LogP contribution in [0.3, 0.4) is 0 Å². The third-order valence-electron chi connectivity index (χ3n) is 6.19. The smallest absolute Gasteiger partial charge is 0.220 e. The maximum Gasteiger partial charge on any atom is 0.220 e. The van der Waals surface area contributed by atoms with Gasteiger partial charge in [0.2, 0.25) is 5.91 Å². The molecule has 0 aromatic heterocycles. The van der Waals surface area contributed by atoms with Crippen LogP contribution in [-0.2, 0) is 4.79 Å². The summed E-state index contributed by atoms with van der Waals surface area (Å²) >= 11 is 0. The van der Waals surface area contributed by atoms with E-state index in [1.807, 2.05) is 0 Å². The van der Waals surface area contributed by atoms with Gasteiger partial charge < -0.3 is 5.73 Å². The summed E-state index contributed by atoms with van der Waals surface area (Å²) in [5.74, 6) is 1.95. The molecule has 2 saturated carbocycles. The Labute approximate surface area is 137 Å². The topological polar surface area (TPSA) is 43.1 Å². The van der Waals surface area contributed by atoms with E-state index in [4.69, 9.17) is 5.73 Å². The molecule has 0 saturated heterocycles. The van der Waals surface area contributed by atoms with E-state index in [0.717, 1.165) is 24.7 Å². The molecule has 0 heterocycles. The number of rotatable bonds is 9.